The molecule has 6 heteroatoms. The molecule has 19 heavy (non-hydrogen) atoms. The summed E-state index contributed by atoms with van der Waals surface area (Å²) in [5.74, 6) is 1.80. The van der Waals surface area contributed by atoms with Crippen LogP contribution in [0.25, 0.3) is 0 Å². The number of aliphatic hydroxyl groups is 1. The van der Waals surface area contributed by atoms with Crippen LogP contribution in [-0.2, 0) is 10.5 Å². The van der Waals surface area contributed by atoms with Crippen LogP contribution in [0.15, 0.2) is 5.38 Å². The first-order valence-corrected chi connectivity index (χ1v) is 8.60. The molecule has 1 aromatic heterocycles. The normalized spacial score (nSPS) is 22.6. The standard InChI is InChI=1S/C13H20N2O2S2/c1-9-15-11(7-19-9)6-18-8-13(17)14-5-10-2-3-12(16)4-10/h7,10,12,16H,2-6,8H2,1H3,(H,14,17). The monoisotopic (exact) mass is 300 g/mol. The van der Waals surface area contributed by atoms with Gasteiger partial charge in [0.05, 0.1) is 22.6 Å². The smallest absolute Gasteiger partial charge is 0.230 e. The molecule has 1 aliphatic rings. The number of aromatic nitrogens is 1. The highest BCUT2D eigenvalue weighted by molar-refractivity contribution is 7.99. The molecule has 1 aromatic rings. The minimum Gasteiger partial charge on any atom is -0.393 e. The van der Waals surface area contributed by atoms with Gasteiger partial charge in [0.15, 0.2) is 0 Å². The van der Waals surface area contributed by atoms with Gasteiger partial charge in [0, 0.05) is 17.7 Å². The Morgan fingerprint density at radius 3 is 3.11 bits per heavy atom. The lowest BCUT2D eigenvalue weighted by atomic mass is 10.1. The maximum atomic E-state index is 11.7. The second-order valence-electron chi connectivity index (χ2n) is 4.99. The highest BCUT2D eigenvalue weighted by atomic mass is 32.2. The van der Waals surface area contributed by atoms with Crippen molar-refractivity contribution in [2.24, 2.45) is 5.92 Å². The van der Waals surface area contributed by atoms with Gasteiger partial charge in [-0.15, -0.1) is 23.1 Å². The van der Waals surface area contributed by atoms with E-state index in [9.17, 15) is 9.90 Å². The Labute approximate surface area is 122 Å². The lowest BCUT2D eigenvalue weighted by Gasteiger charge is -2.10. The summed E-state index contributed by atoms with van der Waals surface area (Å²) in [7, 11) is 0. The summed E-state index contributed by atoms with van der Waals surface area (Å²) >= 11 is 3.24. The van der Waals surface area contributed by atoms with Gasteiger partial charge in [-0.05, 0) is 32.1 Å². The van der Waals surface area contributed by atoms with Gasteiger partial charge in [-0.25, -0.2) is 4.98 Å². The number of carbonyl (C=O) groups excluding carboxylic acids is 1. The van der Waals surface area contributed by atoms with E-state index in [0.29, 0.717) is 18.2 Å². The molecule has 0 spiro atoms. The number of rotatable bonds is 6. The van der Waals surface area contributed by atoms with E-state index >= 15 is 0 Å². The van der Waals surface area contributed by atoms with Crippen molar-refractivity contribution in [1.82, 2.24) is 10.3 Å². The van der Waals surface area contributed by atoms with Gasteiger partial charge in [-0.1, -0.05) is 0 Å². The van der Waals surface area contributed by atoms with Crippen LogP contribution >= 0.6 is 23.1 Å². The number of nitrogens with zero attached hydrogens (tertiary/aromatic N) is 1. The topological polar surface area (TPSA) is 62.2 Å². The summed E-state index contributed by atoms with van der Waals surface area (Å²) in [5, 5.41) is 15.5. The second kappa shape index (κ2) is 7.26. The zero-order valence-electron chi connectivity index (χ0n) is 11.1. The Morgan fingerprint density at radius 2 is 2.47 bits per heavy atom. The van der Waals surface area contributed by atoms with Crippen LogP contribution in [0.4, 0.5) is 0 Å². The van der Waals surface area contributed by atoms with E-state index in [2.05, 4.69) is 10.3 Å². The van der Waals surface area contributed by atoms with Crippen LogP contribution < -0.4 is 5.32 Å². The predicted molar refractivity (Wildman–Crippen MR) is 79.4 cm³/mol. The first-order valence-electron chi connectivity index (χ1n) is 6.57. The van der Waals surface area contributed by atoms with Gasteiger partial charge < -0.3 is 10.4 Å². The molecule has 1 saturated carbocycles. The number of hydrogen-bond acceptors (Lipinski definition) is 5. The predicted octanol–water partition coefficient (Wildman–Crippen LogP) is 1.96. The van der Waals surface area contributed by atoms with Crippen molar-refractivity contribution in [2.45, 2.75) is 38.0 Å². The Hall–Kier alpha value is -0.590. The van der Waals surface area contributed by atoms with Crippen LogP contribution in [0.1, 0.15) is 30.0 Å². The van der Waals surface area contributed by atoms with Crippen molar-refractivity contribution in [3.63, 3.8) is 0 Å². The third-order valence-electron chi connectivity index (χ3n) is 3.25. The molecule has 0 aliphatic heterocycles. The summed E-state index contributed by atoms with van der Waals surface area (Å²) < 4.78 is 0. The molecule has 106 valence electrons. The SMILES string of the molecule is Cc1nc(CSCC(=O)NCC2CCC(O)C2)cs1. The fourth-order valence-electron chi connectivity index (χ4n) is 2.27. The van der Waals surface area contributed by atoms with E-state index in [0.717, 1.165) is 35.7 Å². The molecule has 1 heterocycles. The van der Waals surface area contributed by atoms with Crippen molar-refractivity contribution in [3.8, 4) is 0 Å². The van der Waals surface area contributed by atoms with Crippen molar-refractivity contribution in [3.05, 3.63) is 16.1 Å². The van der Waals surface area contributed by atoms with Gasteiger partial charge in [-0.3, -0.25) is 4.79 Å². The van der Waals surface area contributed by atoms with Crippen molar-refractivity contribution in [2.75, 3.05) is 12.3 Å². The second-order valence-corrected chi connectivity index (χ2v) is 7.04. The van der Waals surface area contributed by atoms with Gasteiger partial charge >= 0.3 is 0 Å². The summed E-state index contributed by atoms with van der Waals surface area (Å²) in [5.41, 5.74) is 1.05. The Morgan fingerprint density at radius 1 is 1.63 bits per heavy atom. The highest BCUT2D eigenvalue weighted by Crippen LogP contribution is 2.24. The van der Waals surface area contributed by atoms with E-state index < -0.39 is 0 Å². The molecular formula is C13H20N2O2S2. The molecule has 1 aliphatic carbocycles. The summed E-state index contributed by atoms with van der Waals surface area (Å²) in [4.78, 5) is 16.0. The highest BCUT2D eigenvalue weighted by Gasteiger charge is 2.22. The summed E-state index contributed by atoms with van der Waals surface area (Å²) in [6.07, 6.45) is 2.56. The molecule has 0 radical (unpaired) electrons. The van der Waals surface area contributed by atoms with Crippen LogP contribution in [0.3, 0.4) is 0 Å². The van der Waals surface area contributed by atoms with Crippen LogP contribution in [0, 0.1) is 12.8 Å². The molecule has 0 aromatic carbocycles. The zero-order chi connectivity index (χ0) is 13.7. The fourth-order valence-corrected chi connectivity index (χ4v) is 3.73. The summed E-state index contributed by atoms with van der Waals surface area (Å²) in [6, 6.07) is 0. The average molecular weight is 300 g/mol. The summed E-state index contributed by atoms with van der Waals surface area (Å²) in [6.45, 7) is 2.69. The van der Waals surface area contributed by atoms with Crippen LogP contribution in [-0.4, -0.2) is 34.4 Å². The number of nitrogens with one attached hydrogen (secondary N) is 1. The molecule has 1 amide bonds. The van der Waals surface area contributed by atoms with E-state index in [1.54, 1.807) is 23.1 Å². The Bertz CT molecular complexity index is 423. The molecular weight excluding hydrogens is 280 g/mol. The van der Waals surface area contributed by atoms with Crippen molar-refractivity contribution in [1.29, 1.82) is 0 Å². The molecule has 2 unspecified atom stereocenters. The molecule has 4 nitrogen and oxygen atoms in total. The first-order chi connectivity index (χ1) is 9.13. The average Bonchev–Trinajstić information content (AvgIpc) is 2.96. The number of carbonyl (C=O) groups is 1. The first kappa shape index (κ1) is 14.8. The lowest BCUT2D eigenvalue weighted by molar-refractivity contribution is -0.118. The number of hydrogen-bond donors (Lipinski definition) is 2. The molecule has 2 atom stereocenters. The minimum atomic E-state index is -0.163. The molecule has 0 bridgehead atoms. The zero-order valence-corrected chi connectivity index (χ0v) is 12.7. The van der Waals surface area contributed by atoms with Crippen LogP contribution in [0.5, 0.6) is 0 Å². The van der Waals surface area contributed by atoms with Crippen molar-refractivity contribution < 1.29 is 9.90 Å². The van der Waals surface area contributed by atoms with Gasteiger partial charge in [0.2, 0.25) is 5.91 Å². The van der Waals surface area contributed by atoms with E-state index in [-0.39, 0.29) is 12.0 Å². The number of thioether (sulfide) groups is 1. The maximum absolute atomic E-state index is 11.7. The molecule has 2 N–H and O–H groups in total. The van der Waals surface area contributed by atoms with E-state index in [4.69, 9.17) is 0 Å². The third-order valence-corrected chi connectivity index (χ3v) is 5.04. The Kier molecular flexibility index (Phi) is 5.66. The number of amides is 1. The van der Waals surface area contributed by atoms with Gasteiger partial charge in [0.1, 0.15) is 0 Å². The number of aliphatic hydroxyl groups excluding tert-OH is 1. The fraction of sp³-hybridized carbons (Fsp3) is 0.692. The quantitative estimate of drug-likeness (QED) is 0.843. The Balaban J connectivity index is 1.57. The number of thiazole rings is 1. The minimum absolute atomic E-state index is 0.0818. The third kappa shape index (κ3) is 5.12. The molecule has 1 fully saturated rings. The van der Waals surface area contributed by atoms with Crippen molar-refractivity contribution >= 4 is 29.0 Å². The largest absolute Gasteiger partial charge is 0.393 e. The molecule has 0 saturated heterocycles. The van der Waals surface area contributed by atoms with Gasteiger partial charge in [0.25, 0.3) is 0 Å². The van der Waals surface area contributed by atoms with E-state index in [1.807, 2.05) is 12.3 Å². The van der Waals surface area contributed by atoms with Crippen LogP contribution in [0.2, 0.25) is 0 Å². The molecule has 2 rings (SSSR count). The number of aryl methyl sites for hydroxylation is 1. The lowest BCUT2D eigenvalue weighted by Crippen LogP contribution is -2.30. The maximum Gasteiger partial charge on any atom is 0.230 e. The van der Waals surface area contributed by atoms with E-state index in [1.165, 1.54) is 0 Å². The van der Waals surface area contributed by atoms with Gasteiger partial charge in [-0.2, -0.15) is 0 Å².